The van der Waals surface area contributed by atoms with Crippen LogP contribution >= 0.6 is 23.4 Å². The topological polar surface area (TPSA) is 87.1 Å². The van der Waals surface area contributed by atoms with Gasteiger partial charge in [-0.25, -0.2) is 4.79 Å². The van der Waals surface area contributed by atoms with Crippen molar-refractivity contribution < 1.29 is 18.0 Å². The van der Waals surface area contributed by atoms with E-state index in [-0.39, 0.29) is 28.6 Å². The lowest BCUT2D eigenvalue weighted by Gasteiger charge is -2.14. The fourth-order valence-corrected chi connectivity index (χ4v) is 3.55. The Hall–Kier alpha value is -2.20. The number of carbonyl (C=O) groups excluding carboxylic acids is 1. The SMILES string of the molecule is CCCn1c(N)c(C(=O)CSc2ccc(Cl)c(C(F)(F)F)c2)c(=O)n(C)c1=O. The molecule has 0 bridgehead atoms. The zero-order chi connectivity index (χ0) is 21.2. The van der Waals surface area contributed by atoms with Crippen LogP contribution in [0.5, 0.6) is 0 Å². The van der Waals surface area contributed by atoms with E-state index in [1.807, 2.05) is 0 Å². The maximum atomic E-state index is 12.9. The Morgan fingerprint density at radius 1 is 1.29 bits per heavy atom. The molecule has 11 heteroatoms. The molecular weight excluding hydrogens is 419 g/mol. The number of carbonyl (C=O) groups is 1. The molecule has 2 N–H and O–H groups in total. The summed E-state index contributed by atoms with van der Waals surface area (Å²) in [5.74, 6) is -1.26. The van der Waals surface area contributed by atoms with Crippen LogP contribution in [0.4, 0.5) is 19.0 Å². The van der Waals surface area contributed by atoms with Crippen LogP contribution in [0.1, 0.15) is 29.3 Å². The third-order valence-corrected chi connectivity index (χ3v) is 5.25. The standard InChI is InChI=1S/C17H17ClF3N3O3S/c1-3-6-24-14(22)13(15(26)23(2)16(24)27)12(25)8-28-9-4-5-11(18)10(7-9)17(19,20)21/h4-5,7H,3,6,8,22H2,1-2H3. The first-order chi connectivity index (χ1) is 13.0. The van der Waals surface area contributed by atoms with E-state index in [2.05, 4.69) is 0 Å². The number of anilines is 1. The number of thioether (sulfide) groups is 1. The number of nitrogens with zero attached hydrogens (tertiary/aromatic N) is 2. The first-order valence-corrected chi connectivity index (χ1v) is 9.47. The second kappa shape index (κ2) is 8.44. The lowest BCUT2D eigenvalue weighted by atomic mass is 10.2. The molecule has 2 rings (SSSR count). The Morgan fingerprint density at radius 3 is 2.50 bits per heavy atom. The van der Waals surface area contributed by atoms with Gasteiger partial charge < -0.3 is 5.73 Å². The maximum Gasteiger partial charge on any atom is 0.417 e. The number of alkyl halides is 3. The Labute approximate surface area is 167 Å². The summed E-state index contributed by atoms with van der Waals surface area (Å²) in [4.78, 5) is 37.2. The van der Waals surface area contributed by atoms with Gasteiger partial charge >= 0.3 is 11.9 Å². The average molecular weight is 436 g/mol. The monoisotopic (exact) mass is 435 g/mol. The lowest BCUT2D eigenvalue weighted by Crippen LogP contribution is -2.42. The molecule has 0 spiro atoms. The molecule has 0 atom stereocenters. The van der Waals surface area contributed by atoms with Gasteiger partial charge in [-0.15, -0.1) is 11.8 Å². The minimum Gasteiger partial charge on any atom is -0.384 e. The highest BCUT2D eigenvalue weighted by Gasteiger charge is 2.33. The molecule has 0 aliphatic heterocycles. The number of hydrogen-bond acceptors (Lipinski definition) is 5. The van der Waals surface area contributed by atoms with Crippen molar-refractivity contribution in [3.8, 4) is 0 Å². The van der Waals surface area contributed by atoms with Crippen molar-refractivity contribution in [2.75, 3.05) is 11.5 Å². The summed E-state index contributed by atoms with van der Waals surface area (Å²) >= 11 is 6.38. The van der Waals surface area contributed by atoms with Gasteiger partial charge in [0, 0.05) is 18.5 Å². The minimum atomic E-state index is -4.63. The molecular formula is C17H17ClF3N3O3S. The summed E-state index contributed by atoms with van der Waals surface area (Å²) in [5.41, 5.74) is 3.02. The summed E-state index contributed by atoms with van der Waals surface area (Å²) in [7, 11) is 1.23. The number of ketones is 1. The molecule has 0 aliphatic carbocycles. The largest absolute Gasteiger partial charge is 0.417 e. The van der Waals surface area contributed by atoms with Crippen molar-refractivity contribution in [2.45, 2.75) is 31.0 Å². The molecule has 152 valence electrons. The molecule has 2 aromatic rings. The number of aromatic nitrogens is 2. The first kappa shape index (κ1) is 22.1. The number of benzene rings is 1. The van der Waals surface area contributed by atoms with Gasteiger partial charge in [0.1, 0.15) is 11.4 Å². The van der Waals surface area contributed by atoms with Crippen molar-refractivity contribution >= 4 is 35.0 Å². The van der Waals surface area contributed by atoms with E-state index < -0.39 is 33.8 Å². The van der Waals surface area contributed by atoms with E-state index in [0.717, 1.165) is 33.0 Å². The Morgan fingerprint density at radius 2 is 1.93 bits per heavy atom. The third kappa shape index (κ3) is 4.44. The smallest absolute Gasteiger partial charge is 0.384 e. The quantitative estimate of drug-likeness (QED) is 0.556. The molecule has 0 saturated heterocycles. The van der Waals surface area contributed by atoms with Crippen molar-refractivity contribution in [1.29, 1.82) is 0 Å². The summed E-state index contributed by atoms with van der Waals surface area (Å²) in [6.45, 7) is 2.02. The second-order valence-electron chi connectivity index (χ2n) is 5.91. The average Bonchev–Trinajstić information content (AvgIpc) is 2.62. The summed E-state index contributed by atoms with van der Waals surface area (Å²) in [6.07, 6.45) is -4.08. The van der Waals surface area contributed by atoms with E-state index in [4.69, 9.17) is 17.3 Å². The van der Waals surface area contributed by atoms with Crippen LogP contribution in [0, 0.1) is 0 Å². The van der Waals surface area contributed by atoms with E-state index in [0.29, 0.717) is 6.42 Å². The molecule has 0 saturated carbocycles. The molecule has 0 radical (unpaired) electrons. The maximum absolute atomic E-state index is 12.9. The van der Waals surface area contributed by atoms with Gasteiger partial charge in [0.05, 0.1) is 16.3 Å². The number of rotatable bonds is 6. The van der Waals surface area contributed by atoms with Gasteiger partial charge in [-0.2, -0.15) is 13.2 Å². The highest BCUT2D eigenvalue weighted by molar-refractivity contribution is 8.00. The number of Topliss-reactive ketones (excluding diaryl/α,β-unsaturated/α-hetero) is 1. The van der Waals surface area contributed by atoms with E-state index in [1.54, 1.807) is 6.92 Å². The van der Waals surface area contributed by atoms with Crippen LogP contribution in [0.25, 0.3) is 0 Å². The predicted octanol–water partition coefficient (Wildman–Crippen LogP) is 3.19. The molecule has 1 heterocycles. The lowest BCUT2D eigenvalue weighted by molar-refractivity contribution is -0.137. The van der Waals surface area contributed by atoms with E-state index in [1.165, 1.54) is 13.1 Å². The summed E-state index contributed by atoms with van der Waals surface area (Å²) in [6, 6.07) is 3.26. The van der Waals surface area contributed by atoms with Crippen molar-refractivity contribution in [3.05, 3.63) is 55.2 Å². The molecule has 28 heavy (non-hydrogen) atoms. The molecule has 6 nitrogen and oxygen atoms in total. The van der Waals surface area contributed by atoms with Gasteiger partial charge in [-0.3, -0.25) is 18.7 Å². The summed E-state index contributed by atoms with van der Waals surface area (Å²) < 4.78 is 40.7. The fourth-order valence-electron chi connectivity index (χ4n) is 2.52. The van der Waals surface area contributed by atoms with Gasteiger partial charge in [0.15, 0.2) is 5.78 Å². The third-order valence-electron chi connectivity index (χ3n) is 3.92. The molecule has 1 aromatic carbocycles. The van der Waals surface area contributed by atoms with Crippen LogP contribution in [0.15, 0.2) is 32.7 Å². The van der Waals surface area contributed by atoms with Crippen LogP contribution in [-0.4, -0.2) is 20.7 Å². The van der Waals surface area contributed by atoms with Crippen molar-refractivity contribution in [3.63, 3.8) is 0 Å². The predicted molar refractivity (Wildman–Crippen MR) is 102 cm³/mol. The fraction of sp³-hybridized carbons (Fsp3) is 0.353. The first-order valence-electron chi connectivity index (χ1n) is 8.11. The van der Waals surface area contributed by atoms with Crippen molar-refractivity contribution in [1.82, 2.24) is 9.13 Å². The Bertz CT molecular complexity index is 1030. The molecule has 0 fully saturated rings. The number of nitrogens with two attached hydrogens (primary N) is 1. The normalized spacial score (nSPS) is 11.6. The van der Waals surface area contributed by atoms with Crippen molar-refractivity contribution in [2.24, 2.45) is 7.05 Å². The molecule has 1 aromatic heterocycles. The van der Waals surface area contributed by atoms with Crippen LogP contribution in [0.3, 0.4) is 0 Å². The molecule has 0 unspecified atom stereocenters. The van der Waals surface area contributed by atoms with Gasteiger partial charge in [0.25, 0.3) is 5.56 Å². The van der Waals surface area contributed by atoms with Crippen LogP contribution in [0.2, 0.25) is 5.02 Å². The van der Waals surface area contributed by atoms with Gasteiger partial charge in [-0.1, -0.05) is 18.5 Å². The summed E-state index contributed by atoms with van der Waals surface area (Å²) in [5, 5.41) is -0.451. The Kier molecular flexibility index (Phi) is 6.66. The zero-order valence-corrected chi connectivity index (χ0v) is 16.5. The zero-order valence-electron chi connectivity index (χ0n) is 15.0. The van der Waals surface area contributed by atoms with Crippen LogP contribution in [-0.2, 0) is 19.8 Å². The van der Waals surface area contributed by atoms with E-state index >= 15 is 0 Å². The second-order valence-corrected chi connectivity index (χ2v) is 7.37. The van der Waals surface area contributed by atoms with Gasteiger partial charge in [-0.05, 0) is 24.6 Å². The van der Waals surface area contributed by atoms with Crippen LogP contribution < -0.4 is 17.0 Å². The van der Waals surface area contributed by atoms with Gasteiger partial charge in [0.2, 0.25) is 0 Å². The minimum absolute atomic E-state index is 0.155. The molecule has 0 amide bonds. The van der Waals surface area contributed by atoms with E-state index in [9.17, 15) is 27.6 Å². The number of hydrogen-bond donors (Lipinski definition) is 1. The highest BCUT2D eigenvalue weighted by Crippen LogP contribution is 2.37. The molecule has 0 aliphatic rings. The number of halogens is 4. The Balaban J connectivity index is 2.35. The number of nitrogen functional groups attached to an aromatic ring is 1. The highest BCUT2D eigenvalue weighted by atomic mass is 35.5.